The molecule has 29 heavy (non-hydrogen) atoms. The molecule has 0 spiro atoms. The standard InChI is InChI=1S/C23H19FN2O3/c1-28-16-9-10-21(27)18(12-16)19-13-20-17-7-2-3-8-22(17)29-23(26(20)25-19)14-5-4-6-15(24)11-14/h2-12,20,23,27H,13H2,1H3. The van der Waals surface area contributed by atoms with E-state index in [2.05, 4.69) is 0 Å². The third-order valence-electron chi connectivity index (χ3n) is 5.35. The molecule has 0 saturated heterocycles. The monoisotopic (exact) mass is 390 g/mol. The van der Waals surface area contributed by atoms with Gasteiger partial charge in [-0.3, -0.25) is 0 Å². The molecule has 0 bridgehead atoms. The molecule has 0 fully saturated rings. The van der Waals surface area contributed by atoms with Crippen molar-refractivity contribution in [1.29, 1.82) is 0 Å². The number of hydrogen-bond donors (Lipinski definition) is 1. The number of para-hydroxylation sites is 1. The Morgan fingerprint density at radius 1 is 1.10 bits per heavy atom. The van der Waals surface area contributed by atoms with E-state index in [0.717, 1.165) is 17.0 Å². The van der Waals surface area contributed by atoms with E-state index in [9.17, 15) is 9.50 Å². The summed E-state index contributed by atoms with van der Waals surface area (Å²) in [6.07, 6.45) is 0.0308. The van der Waals surface area contributed by atoms with Crippen LogP contribution < -0.4 is 9.47 Å². The molecular formula is C23H19FN2O3. The zero-order chi connectivity index (χ0) is 20.0. The van der Waals surface area contributed by atoms with Crippen molar-refractivity contribution in [1.82, 2.24) is 5.01 Å². The molecule has 0 aromatic heterocycles. The Bertz CT molecular complexity index is 1110. The first kappa shape index (κ1) is 17.6. The minimum absolute atomic E-state index is 0.0752. The Balaban J connectivity index is 1.61. The van der Waals surface area contributed by atoms with E-state index >= 15 is 0 Å². The van der Waals surface area contributed by atoms with E-state index in [1.54, 1.807) is 31.4 Å². The van der Waals surface area contributed by atoms with Crippen molar-refractivity contribution in [3.05, 3.63) is 89.2 Å². The molecule has 5 rings (SSSR count). The lowest BCUT2D eigenvalue weighted by Crippen LogP contribution is -2.33. The first-order chi connectivity index (χ1) is 14.1. The molecule has 0 aliphatic carbocycles. The molecule has 2 aliphatic rings. The SMILES string of the molecule is COc1ccc(O)c(C2=NN3C(C2)c2ccccc2OC3c2cccc(F)c2)c1. The Kier molecular flexibility index (Phi) is 4.12. The van der Waals surface area contributed by atoms with E-state index in [1.165, 1.54) is 12.1 Å². The van der Waals surface area contributed by atoms with E-state index in [4.69, 9.17) is 14.6 Å². The van der Waals surface area contributed by atoms with Crippen LogP contribution >= 0.6 is 0 Å². The first-order valence-corrected chi connectivity index (χ1v) is 9.38. The second kappa shape index (κ2) is 6.81. The molecular weight excluding hydrogens is 371 g/mol. The van der Waals surface area contributed by atoms with Crippen LogP contribution in [0.15, 0.2) is 71.8 Å². The topological polar surface area (TPSA) is 54.3 Å². The predicted octanol–water partition coefficient (Wildman–Crippen LogP) is 4.78. The summed E-state index contributed by atoms with van der Waals surface area (Å²) in [7, 11) is 1.58. The zero-order valence-corrected chi connectivity index (χ0v) is 15.7. The van der Waals surface area contributed by atoms with Crippen molar-refractivity contribution < 1.29 is 19.0 Å². The molecule has 5 nitrogen and oxygen atoms in total. The minimum Gasteiger partial charge on any atom is -0.507 e. The molecule has 0 saturated carbocycles. The molecule has 3 aromatic carbocycles. The summed E-state index contributed by atoms with van der Waals surface area (Å²) in [6.45, 7) is 0. The van der Waals surface area contributed by atoms with Crippen LogP contribution in [0.25, 0.3) is 0 Å². The van der Waals surface area contributed by atoms with Crippen LogP contribution in [0, 0.1) is 5.82 Å². The fourth-order valence-corrected chi connectivity index (χ4v) is 3.95. The van der Waals surface area contributed by atoms with Gasteiger partial charge in [0.2, 0.25) is 6.23 Å². The predicted molar refractivity (Wildman–Crippen MR) is 107 cm³/mol. The van der Waals surface area contributed by atoms with Crippen LogP contribution in [0.2, 0.25) is 0 Å². The summed E-state index contributed by atoms with van der Waals surface area (Å²) < 4.78 is 25.4. The molecule has 0 radical (unpaired) electrons. The highest BCUT2D eigenvalue weighted by atomic mass is 19.1. The maximum atomic E-state index is 13.9. The summed E-state index contributed by atoms with van der Waals surface area (Å²) in [5.41, 5.74) is 3.05. The maximum absolute atomic E-state index is 13.9. The average Bonchev–Trinajstić information content (AvgIpc) is 3.19. The van der Waals surface area contributed by atoms with E-state index < -0.39 is 6.23 Å². The number of fused-ring (bicyclic) bond motifs is 3. The lowest BCUT2D eigenvalue weighted by molar-refractivity contribution is -0.0192. The largest absolute Gasteiger partial charge is 0.507 e. The van der Waals surface area contributed by atoms with Crippen LogP contribution in [-0.4, -0.2) is 22.9 Å². The molecule has 146 valence electrons. The lowest BCUT2D eigenvalue weighted by Gasteiger charge is -2.38. The number of phenols is 1. The summed E-state index contributed by atoms with van der Waals surface area (Å²) in [6, 6.07) is 19.2. The normalized spacial score (nSPS) is 19.8. The number of hydrogen-bond acceptors (Lipinski definition) is 5. The quantitative estimate of drug-likeness (QED) is 0.699. The van der Waals surface area contributed by atoms with E-state index in [0.29, 0.717) is 23.3 Å². The molecule has 6 heteroatoms. The fourth-order valence-electron chi connectivity index (χ4n) is 3.95. The van der Waals surface area contributed by atoms with Gasteiger partial charge in [-0.05, 0) is 36.4 Å². The second-order valence-corrected chi connectivity index (χ2v) is 7.09. The molecule has 2 unspecified atom stereocenters. The Morgan fingerprint density at radius 3 is 2.79 bits per heavy atom. The maximum Gasteiger partial charge on any atom is 0.213 e. The number of phenolic OH excluding ortho intramolecular Hbond substituents is 1. The van der Waals surface area contributed by atoms with Gasteiger partial charge in [0.1, 0.15) is 23.1 Å². The Labute approximate surface area is 167 Å². The van der Waals surface area contributed by atoms with Gasteiger partial charge in [0.15, 0.2) is 0 Å². The molecule has 0 amide bonds. The van der Waals surface area contributed by atoms with Gasteiger partial charge in [0.25, 0.3) is 0 Å². The summed E-state index contributed by atoms with van der Waals surface area (Å²) in [5, 5.41) is 17.0. The highest BCUT2D eigenvalue weighted by Gasteiger charge is 2.41. The third kappa shape index (κ3) is 2.97. The van der Waals surface area contributed by atoms with Gasteiger partial charge in [-0.1, -0.05) is 30.3 Å². The Morgan fingerprint density at radius 2 is 1.97 bits per heavy atom. The van der Waals surface area contributed by atoms with Gasteiger partial charge >= 0.3 is 0 Å². The fraction of sp³-hybridized carbons (Fsp3) is 0.174. The minimum atomic E-state index is -0.559. The van der Waals surface area contributed by atoms with Gasteiger partial charge in [-0.25, -0.2) is 9.40 Å². The average molecular weight is 390 g/mol. The van der Waals surface area contributed by atoms with Crippen molar-refractivity contribution in [2.24, 2.45) is 5.10 Å². The summed E-state index contributed by atoms with van der Waals surface area (Å²) in [4.78, 5) is 0. The second-order valence-electron chi connectivity index (χ2n) is 7.09. The number of rotatable bonds is 3. The number of aromatic hydroxyl groups is 1. The van der Waals surface area contributed by atoms with Gasteiger partial charge < -0.3 is 14.6 Å². The number of ether oxygens (including phenoxy) is 2. The van der Waals surface area contributed by atoms with Crippen LogP contribution in [-0.2, 0) is 0 Å². The van der Waals surface area contributed by atoms with Gasteiger partial charge in [0.05, 0.1) is 18.9 Å². The smallest absolute Gasteiger partial charge is 0.213 e. The first-order valence-electron chi connectivity index (χ1n) is 9.38. The van der Waals surface area contributed by atoms with Crippen molar-refractivity contribution in [3.63, 3.8) is 0 Å². The van der Waals surface area contributed by atoms with Crippen molar-refractivity contribution in [3.8, 4) is 17.2 Å². The highest BCUT2D eigenvalue weighted by Crippen LogP contribution is 2.48. The van der Waals surface area contributed by atoms with Crippen molar-refractivity contribution >= 4 is 5.71 Å². The van der Waals surface area contributed by atoms with Crippen LogP contribution in [0.1, 0.15) is 35.4 Å². The zero-order valence-electron chi connectivity index (χ0n) is 15.7. The number of benzene rings is 3. The van der Waals surface area contributed by atoms with Crippen LogP contribution in [0.4, 0.5) is 4.39 Å². The molecule has 2 aliphatic heterocycles. The van der Waals surface area contributed by atoms with Gasteiger partial charge in [0, 0.05) is 23.1 Å². The number of nitrogens with zero attached hydrogens (tertiary/aromatic N) is 2. The summed E-state index contributed by atoms with van der Waals surface area (Å²) in [5.74, 6) is 1.22. The molecule has 1 N–H and O–H groups in total. The number of hydrazone groups is 1. The van der Waals surface area contributed by atoms with E-state index in [1.807, 2.05) is 35.3 Å². The van der Waals surface area contributed by atoms with Crippen LogP contribution in [0.3, 0.4) is 0 Å². The number of halogens is 1. The number of methoxy groups -OCH3 is 1. The third-order valence-corrected chi connectivity index (χ3v) is 5.35. The lowest BCUT2D eigenvalue weighted by atomic mass is 9.95. The molecule has 2 atom stereocenters. The van der Waals surface area contributed by atoms with Gasteiger partial charge in [-0.2, -0.15) is 5.10 Å². The summed E-state index contributed by atoms with van der Waals surface area (Å²) >= 11 is 0. The highest BCUT2D eigenvalue weighted by molar-refractivity contribution is 6.04. The Hall–Kier alpha value is -3.54. The van der Waals surface area contributed by atoms with Crippen molar-refractivity contribution in [2.75, 3.05) is 7.11 Å². The van der Waals surface area contributed by atoms with E-state index in [-0.39, 0.29) is 17.6 Å². The van der Waals surface area contributed by atoms with Crippen LogP contribution in [0.5, 0.6) is 17.2 Å². The van der Waals surface area contributed by atoms with Gasteiger partial charge in [-0.15, -0.1) is 0 Å². The molecule has 2 heterocycles. The molecule has 3 aromatic rings. The van der Waals surface area contributed by atoms with Crippen molar-refractivity contribution in [2.45, 2.75) is 18.7 Å².